The van der Waals surface area contributed by atoms with Gasteiger partial charge >= 0.3 is 0 Å². The Morgan fingerprint density at radius 3 is 2.67 bits per heavy atom. The zero-order valence-corrected chi connectivity index (χ0v) is 11.2. The van der Waals surface area contributed by atoms with Crippen molar-refractivity contribution in [2.24, 2.45) is 0 Å². The first-order valence-electron chi connectivity index (χ1n) is 6.05. The fourth-order valence-corrected chi connectivity index (χ4v) is 1.61. The molecule has 0 saturated carbocycles. The maximum atomic E-state index is 11.3. The van der Waals surface area contributed by atoms with Crippen LogP contribution in [0.1, 0.15) is 12.0 Å². The molecule has 0 saturated heterocycles. The van der Waals surface area contributed by atoms with Gasteiger partial charge in [0.05, 0.1) is 0 Å². The minimum Gasteiger partial charge on any atom is -0.353 e. The summed E-state index contributed by atoms with van der Waals surface area (Å²) < 4.78 is 0. The fraction of sp³-hybridized carbons (Fsp3) is 0.357. The number of amides is 1. The maximum Gasteiger partial charge on any atom is 0.221 e. The second-order valence-electron chi connectivity index (χ2n) is 3.97. The van der Waals surface area contributed by atoms with Crippen molar-refractivity contribution in [2.45, 2.75) is 12.8 Å². The number of hydrogen-bond donors (Lipinski definition) is 2. The van der Waals surface area contributed by atoms with Crippen LogP contribution in [0.5, 0.6) is 0 Å². The van der Waals surface area contributed by atoms with E-state index < -0.39 is 0 Å². The van der Waals surface area contributed by atoms with Gasteiger partial charge in [0.1, 0.15) is 0 Å². The number of rotatable bonds is 8. The lowest BCUT2D eigenvalue weighted by atomic mass is 10.1. The van der Waals surface area contributed by atoms with E-state index in [2.05, 4.69) is 17.2 Å². The molecule has 3 nitrogen and oxygen atoms in total. The number of benzene rings is 1. The van der Waals surface area contributed by atoms with Crippen molar-refractivity contribution in [1.29, 1.82) is 0 Å². The number of carbonyl (C=O) groups is 1. The molecule has 2 N–H and O–H groups in total. The van der Waals surface area contributed by atoms with Crippen LogP contribution in [-0.4, -0.2) is 25.5 Å². The lowest BCUT2D eigenvalue weighted by Gasteiger charge is -2.05. The third-order valence-electron chi connectivity index (χ3n) is 2.48. The van der Waals surface area contributed by atoms with Gasteiger partial charge in [0, 0.05) is 24.5 Å². The van der Waals surface area contributed by atoms with E-state index in [0.29, 0.717) is 19.5 Å². The summed E-state index contributed by atoms with van der Waals surface area (Å²) in [5.41, 5.74) is 1.24. The molecule has 0 aliphatic carbocycles. The predicted octanol–water partition coefficient (Wildman–Crippen LogP) is 2.16. The van der Waals surface area contributed by atoms with Crippen LogP contribution in [0.2, 0.25) is 5.02 Å². The zero-order chi connectivity index (χ0) is 13.2. The summed E-state index contributed by atoms with van der Waals surface area (Å²) in [4.78, 5) is 11.3. The third-order valence-corrected chi connectivity index (χ3v) is 2.73. The summed E-state index contributed by atoms with van der Waals surface area (Å²) in [6, 6.07) is 7.81. The summed E-state index contributed by atoms with van der Waals surface area (Å²) >= 11 is 5.80. The molecule has 0 unspecified atom stereocenters. The number of carbonyl (C=O) groups excluding carboxylic acids is 1. The highest BCUT2D eigenvalue weighted by Gasteiger charge is 1.98. The van der Waals surface area contributed by atoms with Gasteiger partial charge in [-0.2, -0.15) is 0 Å². The summed E-state index contributed by atoms with van der Waals surface area (Å²) in [6.07, 6.45) is 3.10. The van der Waals surface area contributed by atoms with Crippen LogP contribution >= 0.6 is 11.6 Å². The molecule has 0 atom stereocenters. The van der Waals surface area contributed by atoms with Gasteiger partial charge in [-0.3, -0.25) is 4.79 Å². The molecule has 0 fully saturated rings. The zero-order valence-electron chi connectivity index (χ0n) is 10.4. The molecule has 0 aliphatic heterocycles. The van der Waals surface area contributed by atoms with Gasteiger partial charge in [0.2, 0.25) is 5.91 Å². The molecular weight excluding hydrogens is 248 g/mol. The van der Waals surface area contributed by atoms with Gasteiger partial charge < -0.3 is 10.6 Å². The first kappa shape index (κ1) is 14.7. The molecule has 1 aromatic rings. The second-order valence-corrected chi connectivity index (χ2v) is 4.41. The van der Waals surface area contributed by atoms with Crippen molar-refractivity contribution in [3.63, 3.8) is 0 Å². The van der Waals surface area contributed by atoms with Crippen LogP contribution in [0, 0.1) is 0 Å². The van der Waals surface area contributed by atoms with Crippen LogP contribution < -0.4 is 10.6 Å². The van der Waals surface area contributed by atoms with Crippen molar-refractivity contribution in [1.82, 2.24) is 10.6 Å². The first-order valence-corrected chi connectivity index (χ1v) is 6.43. The largest absolute Gasteiger partial charge is 0.353 e. The summed E-state index contributed by atoms with van der Waals surface area (Å²) in [5, 5.41) is 6.73. The van der Waals surface area contributed by atoms with Crippen LogP contribution in [-0.2, 0) is 11.2 Å². The molecule has 1 amide bonds. The van der Waals surface area contributed by atoms with Crippen LogP contribution in [0.25, 0.3) is 0 Å². The molecule has 0 heterocycles. The maximum absolute atomic E-state index is 11.3. The van der Waals surface area contributed by atoms with Gasteiger partial charge in [0.15, 0.2) is 0 Å². The van der Waals surface area contributed by atoms with E-state index in [9.17, 15) is 4.79 Å². The summed E-state index contributed by atoms with van der Waals surface area (Å²) in [6.45, 7) is 5.62. The standard InChI is InChI=1S/C14H19ClN2O/c1-2-9-17-14(18)8-11-16-10-7-12-3-5-13(15)6-4-12/h2-6,16H,1,7-11H2,(H,17,18). The van der Waals surface area contributed by atoms with E-state index in [0.717, 1.165) is 18.0 Å². The highest BCUT2D eigenvalue weighted by molar-refractivity contribution is 6.30. The summed E-state index contributed by atoms with van der Waals surface area (Å²) in [7, 11) is 0. The van der Waals surface area contributed by atoms with Crippen molar-refractivity contribution in [3.05, 3.63) is 47.5 Å². The van der Waals surface area contributed by atoms with Crippen LogP contribution in [0.15, 0.2) is 36.9 Å². The average molecular weight is 267 g/mol. The molecular formula is C14H19ClN2O. The Bertz CT molecular complexity index is 376. The fourth-order valence-electron chi connectivity index (χ4n) is 1.49. The molecule has 0 aliphatic rings. The lowest BCUT2D eigenvalue weighted by molar-refractivity contribution is -0.120. The highest BCUT2D eigenvalue weighted by atomic mass is 35.5. The van der Waals surface area contributed by atoms with E-state index in [1.807, 2.05) is 24.3 Å². The smallest absolute Gasteiger partial charge is 0.221 e. The Morgan fingerprint density at radius 1 is 1.28 bits per heavy atom. The molecule has 0 aromatic heterocycles. The van der Waals surface area contributed by atoms with Gasteiger partial charge in [-0.05, 0) is 30.7 Å². The molecule has 0 spiro atoms. The Balaban J connectivity index is 2.06. The first-order chi connectivity index (χ1) is 8.72. The molecule has 4 heteroatoms. The van der Waals surface area contributed by atoms with Crippen LogP contribution in [0.4, 0.5) is 0 Å². The number of hydrogen-bond acceptors (Lipinski definition) is 2. The lowest BCUT2D eigenvalue weighted by Crippen LogP contribution is -2.28. The number of nitrogens with one attached hydrogen (secondary N) is 2. The van der Waals surface area contributed by atoms with Gasteiger partial charge in [0.25, 0.3) is 0 Å². The molecule has 98 valence electrons. The average Bonchev–Trinajstić information content (AvgIpc) is 2.38. The van der Waals surface area contributed by atoms with Crippen molar-refractivity contribution in [2.75, 3.05) is 19.6 Å². The van der Waals surface area contributed by atoms with Crippen LogP contribution in [0.3, 0.4) is 0 Å². The SMILES string of the molecule is C=CCNC(=O)CCNCCc1ccc(Cl)cc1. The minimum absolute atomic E-state index is 0.0499. The van der Waals surface area contributed by atoms with Crippen molar-refractivity contribution < 1.29 is 4.79 Å². The van der Waals surface area contributed by atoms with Gasteiger partial charge in [-0.25, -0.2) is 0 Å². The van der Waals surface area contributed by atoms with E-state index in [1.54, 1.807) is 6.08 Å². The highest BCUT2D eigenvalue weighted by Crippen LogP contribution is 2.09. The van der Waals surface area contributed by atoms with E-state index in [4.69, 9.17) is 11.6 Å². The monoisotopic (exact) mass is 266 g/mol. The third kappa shape index (κ3) is 6.42. The summed E-state index contributed by atoms with van der Waals surface area (Å²) in [5.74, 6) is 0.0499. The normalized spacial score (nSPS) is 10.1. The predicted molar refractivity (Wildman–Crippen MR) is 75.8 cm³/mol. The Kier molecular flexibility index (Phi) is 7.14. The molecule has 1 aromatic carbocycles. The van der Waals surface area contributed by atoms with Crippen molar-refractivity contribution >= 4 is 17.5 Å². The van der Waals surface area contributed by atoms with E-state index in [-0.39, 0.29) is 5.91 Å². The topological polar surface area (TPSA) is 41.1 Å². The van der Waals surface area contributed by atoms with Gasteiger partial charge in [-0.15, -0.1) is 6.58 Å². The molecule has 1 rings (SSSR count). The molecule has 18 heavy (non-hydrogen) atoms. The Labute approximate surface area is 113 Å². The Morgan fingerprint density at radius 2 is 2.00 bits per heavy atom. The Hall–Kier alpha value is -1.32. The molecule has 0 bridgehead atoms. The minimum atomic E-state index is 0.0499. The van der Waals surface area contributed by atoms with E-state index >= 15 is 0 Å². The number of halogens is 1. The van der Waals surface area contributed by atoms with Crippen molar-refractivity contribution in [3.8, 4) is 0 Å². The van der Waals surface area contributed by atoms with Gasteiger partial charge in [-0.1, -0.05) is 29.8 Å². The second kappa shape index (κ2) is 8.72. The molecule has 0 radical (unpaired) electrons. The van der Waals surface area contributed by atoms with E-state index in [1.165, 1.54) is 5.56 Å². The quantitative estimate of drug-likeness (QED) is 0.559.